The Morgan fingerprint density at radius 2 is 2.07 bits per heavy atom. The molecule has 2 aromatic rings. The number of methoxy groups -OCH3 is 2. The van der Waals surface area contributed by atoms with Gasteiger partial charge in [0.1, 0.15) is 17.2 Å². The second-order valence-electron chi connectivity index (χ2n) is 6.42. The van der Waals surface area contributed by atoms with Crippen LogP contribution < -0.4 is 25.3 Å². The van der Waals surface area contributed by atoms with Crippen molar-refractivity contribution in [3.05, 3.63) is 53.6 Å². The number of hydrogen-bond acceptors (Lipinski definition) is 4. The Hall–Kier alpha value is -2.89. The van der Waals surface area contributed by atoms with Crippen LogP contribution in [0, 0.1) is 0 Å². The fourth-order valence-electron chi connectivity index (χ4n) is 3.26. The maximum atomic E-state index is 6.10. The molecule has 0 amide bonds. The zero-order chi connectivity index (χ0) is 19.1. The molecule has 144 valence electrons. The average Bonchev–Trinajstić information content (AvgIpc) is 2.71. The Bertz CT molecular complexity index is 792. The number of aryl methyl sites for hydroxylation is 1. The first-order chi connectivity index (χ1) is 13.2. The Morgan fingerprint density at radius 1 is 1.22 bits per heavy atom. The minimum Gasteiger partial charge on any atom is -0.497 e. The van der Waals surface area contributed by atoms with Crippen LogP contribution in [0.4, 0.5) is 0 Å². The van der Waals surface area contributed by atoms with E-state index in [0.717, 1.165) is 47.6 Å². The summed E-state index contributed by atoms with van der Waals surface area (Å²) in [7, 11) is 3.34. The van der Waals surface area contributed by atoms with Crippen molar-refractivity contribution in [2.75, 3.05) is 27.4 Å². The van der Waals surface area contributed by atoms with E-state index in [-0.39, 0.29) is 6.04 Å². The van der Waals surface area contributed by atoms with Gasteiger partial charge in [-0.3, -0.25) is 4.99 Å². The summed E-state index contributed by atoms with van der Waals surface area (Å²) >= 11 is 0. The van der Waals surface area contributed by atoms with Crippen LogP contribution in [-0.4, -0.2) is 33.3 Å². The molecule has 3 N–H and O–H groups in total. The van der Waals surface area contributed by atoms with Gasteiger partial charge in [0.05, 0.1) is 26.9 Å². The lowest BCUT2D eigenvalue weighted by Crippen LogP contribution is -2.37. The molecule has 1 aliphatic heterocycles. The number of hydrogen-bond donors (Lipinski definition) is 2. The van der Waals surface area contributed by atoms with Crippen molar-refractivity contribution >= 4 is 5.96 Å². The minimum absolute atomic E-state index is 0.136. The van der Waals surface area contributed by atoms with Crippen LogP contribution in [0.5, 0.6) is 17.2 Å². The van der Waals surface area contributed by atoms with Crippen LogP contribution in [-0.2, 0) is 6.42 Å². The molecule has 6 nitrogen and oxygen atoms in total. The topological polar surface area (TPSA) is 78.1 Å². The summed E-state index contributed by atoms with van der Waals surface area (Å²) in [5, 5.41) is 3.32. The van der Waals surface area contributed by atoms with Gasteiger partial charge in [0.15, 0.2) is 5.96 Å². The quantitative estimate of drug-likeness (QED) is 0.446. The number of aliphatic imine (C=N–C) groups is 1. The second kappa shape index (κ2) is 9.16. The third-order valence-electron chi connectivity index (χ3n) is 4.65. The molecule has 27 heavy (non-hydrogen) atoms. The zero-order valence-electron chi connectivity index (χ0n) is 15.9. The van der Waals surface area contributed by atoms with Crippen molar-refractivity contribution in [3.8, 4) is 17.2 Å². The molecule has 0 saturated heterocycles. The smallest absolute Gasteiger partial charge is 0.189 e. The number of nitrogens with one attached hydrogen (secondary N) is 1. The molecule has 6 heteroatoms. The van der Waals surface area contributed by atoms with E-state index in [4.69, 9.17) is 19.9 Å². The number of guanidine groups is 1. The molecule has 3 rings (SSSR count). The monoisotopic (exact) mass is 369 g/mol. The Labute approximate surface area is 160 Å². The summed E-state index contributed by atoms with van der Waals surface area (Å²) in [6.45, 7) is 1.32. The summed E-state index contributed by atoms with van der Waals surface area (Å²) in [5.41, 5.74) is 8.33. The molecule has 0 aromatic heterocycles. The van der Waals surface area contributed by atoms with Crippen molar-refractivity contribution < 1.29 is 14.2 Å². The first kappa shape index (κ1) is 18.9. The number of fused-ring (bicyclic) bond motifs is 1. The van der Waals surface area contributed by atoms with E-state index in [2.05, 4.69) is 16.4 Å². The molecule has 0 spiro atoms. The molecule has 0 saturated carbocycles. The van der Waals surface area contributed by atoms with Crippen LogP contribution in [0.3, 0.4) is 0 Å². The summed E-state index contributed by atoms with van der Waals surface area (Å²) in [4.78, 5) is 4.47. The number of nitrogens with two attached hydrogens (primary N) is 1. The van der Waals surface area contributed by atoms with Crippen LogP contribution in [0.15, 0.2) is 47.5 Å². The highest BCUT2D eigenvalue weighted by atomic mass is 16.5. The maximum absolute atomic E-state index is 6.10. The van der Waals surface area contributed by atoms with E-state index < -0.39 is 0 Å². The van der Waals surface area contributed by atoms with Crippen LogP contribution in [0.1, 0.15) is 30.0 Å². The highest BCUT2D eigenvalue weighted by Crippen LogP contribution is 2.31. The molecule has 2 aromatic carbocycles. The van der Waals surface area contributed by atoms with Crippen molar-refractivity contribution in [2.24, 2.45) is 10.7 Å². The van der Waals surface area contributed by atoms with Crippen molar-refractivity contribution in [3.63, 3.8) is 0 Å². The van der Waals surface area contributed by atoms with E-state index in [1.54, 1.807) is 14.2 Å². The molecule has 1 atom stereocenters. The van der Waals surface area contributed by atoms with Gasteiger partial charge in [0.25, 0.3) is 0 Å². The highest BCUT2D eigenvalue weighted by molar-refractivity contribution is 5.78. The third kappa shape index (κ3) is 4.84. The molecule has 1 aliphatic rings. The third-order valence-corrected chi connectivity index (χ3v) is 4.65. The number of nitrogens with zero attached hydrogens (tertiary/aromatic N) is 1. The Morgan fingerprint density at radius 3 is 2.89 bits per heavy atom. The number of benzene rings is 2. The predicted molar refractivity (Wildman–Crippen MR) is 107 cm³/mol. The van der Waals surface area contributed by atoms with Gasteiger partial charge in [-0.05, 0) is 42.7 Å². The van der Waals surface area contributed by atoms with Crippen molar-refractivity contribution in [2.45, 2.75) is 25.3 Å². The SMILES string of the molecule is COc1ccc(OC)c(CCCN=C(N)NC2CCOc3ccccc32)c1. The second-order valence-corrected chi connectivity index (χ2v) is 6.42. The van der Waals surface area contributed by atoms with Gasteiger partial charge in [0, 0.05) is 18.5 Å². The molecular weight excluding hydrogens is 342 g/mol. The molecule has 0 aliphatic carbocycles. The van der Waals surface area contributed by atoms with Gasteiger partial charge in [-0.15, -0.1) is 0 Å². The Balaban J connectivity index is 1.54. The van der Waals surface area contributed by atoms with Gasteiger partial charge < -0.3 is 25.3 Å². The van der Waals surface area contributed by atoms with E-state index >= 15 is 0 Å². The normalized spacial score (nSPS) is 16.2. The lowest BCUT2D eigenvalue weighted by atomic mass is 10.0. The summed E-state index contributed by atoms with van der Waals surface area (Å²) in [6.07, 6.45) is 2.59. The van der Waals surface area contributed by atoms with E-state index in [1.165, 1.54) is 0 Å². The zero-order valence-corrected chi connectivity index (χ0v) is 15.9. The number of ether oxygens (including phenoxy) is 3. The fourth-order valence-corrected chi connectivity index (χ4v) is 3.26. The highest BCUT2D eigenvalue weighted by Gasteiger charge is 2.21. The number of para-hydroxylation sites is 1. The standard InChI is InChI=1S/C21H27N3O3/c1-25-16-9-10-19(26-2)15(14-16)6-5-12-23-21(22)24-18-11-13-27-20-8-4-3-7-17(18)20/h3-4,7-10,14,18H,5-6,11-13H2,1-2H3,(H3,22,23,24). The average molecular weight is 369 g/mol. The van der Waals surface area contributed by atoms with Gasteiger partial charge in [0.2, 0.25) is 0 Å². The van der Waals surface area contributed by atoms with E-state index in [9.17, 15) is 0 Å². The van der Waals surface area contributed by atoms with Crippen molar-refractivity contribution in [1.29, 1.82) is 0 Å². The molecule has 0 bridgehead atoms. The number of rotatable bonds is 7. The predicted octanol–water partition coefficient (Wildman–Crippen LogP) is 3.06. The van der Waals surface area contributed by atoms with Gasteiger partial charge in [-0.25, -0.2) is 0 Å². The van der Waals surface area contributed by atoms with Gasteiger partial charge in [-0.1, -0.05) is 18.2 Å². The first-order valence-corrected chi connectivity index (χ1v) is 9.20. The van der Waals surface area contributed by atoms with E-state index in [1.807, 2.05) is 36.4 Å². The molecule has 0 fully saturated rings. The molecule has 1 heterocycles. The minimum atomic E-state index is 0.136. The fraction of sp³-hybridized carbons (Fsp3) is 0.381. The van der Waals surface area contributed by atoms with Crippen LogP contribution >= 0.6 is 0 Å². The largest absolute Gasteiger partial charge is 0.497 e. The van der Waals surface area contributed by atoms with Crippen LogP contribution in [0.2, 0.25) is 0 Å². The molecular formula is C21H27N3O3. The summed E-state index contributed by atoms with van der Waals surface area (Å²) < 4.78 is 16.4. The van der Waals surface area contributed by atoms with Gasteiger partial charge in [-0.2, -0.15) is 0 Å². The summed E-state index contributed by atoms with van der Waals surface area (Å²) in [6, 6.07) is 14.0. The lowest BCUT2D eigenvalue weighted by molar-refractivity contribution is 0.262. The Kier molecular flexibility index (Phi) is 6.41. The molecule has 1 unspecified atom stereocenters. The van der Waals surface area contributed by atoms with Crippen LogP contribution in [0.25, 0.3) is 0 Å². The first-order valence-electron chi connectivity index (χ1n) is 9.20. The lowest BCUT2D eigenvalue weighted by Gasteiger charge is -2.26. The summed E-state index contributed by atoms with van der Waals surface area (Å²) in [5.74, 6) is 3.08. The van der Waals surface area contributed by atoms with Gasteiger partial charge >= 0.3 is 0 Å². The molecule has 0 radical (unpaired) electrons. The van der Waals surface area contributed by atoms with E-state index in [0.29, 0.717) is 19.1 Å². The van der Waals surface area contributed by atoms with Crippen molar-refractivity contribution in [1.82, 2.24) is 5.32 Å². The maximum Gasteiger partial charge on any atom is 0.189 e.